The van der Waals surface area contributed by atoms with Gasteiger partial charge >= 0.3 is 0 Å². The molecule has 0 aliphatic heterocycles. The summed E-state index contributed by atoms with van der Waals surface area (Å²) in [5, 5.41) is 4.63. The van der Waals surface area contributed by atoms with Crippen LogP contribution in [0.5, 0.6) is 0 Å². The number of hydrogen-bond donors (Lipinski definition) is 1. The molecule has 3 nitrogen and oxygen atoms in total. The van der Waals surface area contributed by atoms with E-state index in [4.69, 9.17) is 16.6 Å². The van der Waals surface area contributed by atoms with Crippen LogP contribution in [-0.4, -0.2) is 17.4 Å². The van der Waals surface area contributed by atoms with Gasteiger partial charge < -0.3 is 5.32 Å². The van der Waals surface area contributed by atoms with Crippen molar-refractivity contribution >= 4 is 28.4 Å². The average Bonchev–Trinajstić information content (AvgIpc) is 2.65. The molecule has 1 aromatic heterocycles. The second-order valence-electron chi connectivity index (χ2n) is 6.45. The number of amides is 1. The summed E-state index contributed by atoms with van der Waals surface area (Å²) in [7, 11) is 0. The minimum absolute atomic E-state index is 0.0348. The highest BCUT2D eigenvalue weighted by Crippen LogP contribution is 2.30. The first kappa shape index (κ1) is 18.4. The molecule has 0 unspecified atom stereocenters. The lowest BCUT2D eigenvalue weighted by Crippen LogP contribution is -2.25. The Kier molecular flexibility index (Phi) is 5.89. The van der Waals surface area contributed by atoms with Crippen LogP contribution >= 0.6 is 11.6 Å². The topological polar surface area (TPSA) is 42.0 Å². The molecule has 0 spiro atoms. The second kappa shape index (κ2) is 8.33. The van der Waals surface area contributed by atoms with Crippen LogP contribution in [0, 0.1) is 6.92 Å². The van der Waals surface area contributed by atoms with Crippen molar-refractivity contribution in [3.63, 3.8) is 0 Å². The monoisotopic (exact) mass is 366 g/mol. The number of carbonyl (C=O) groups is 1. The second-order valence-corrected chi connectivity index (χ2v) is 6.88. The first-order chi connectivity index (χ1) is 12.6. The van der Waals surface area contributed by atoms with Crippen LogP contribution in [0.15, 0.2) is 48.5 Å². The van der Waals surface area contributed by atoms with E-state index < -0.39 is 0 Å². The zero-order valence-corrected chi connectivity index (χ0v) is 15.9. The van der Waals surface area contributed by atoms with Gasteiger partial charge in [0.05, 0.1) is 16.8 Å². The molecule has 0 bridgehead atoms. The van der Waals surface area contributed by atoms with Gasteiger partial charge in [0.15, 0.2) is 0 Å². The Hall–Kier alpha value is -2.39. The van der Waals surface area contributed by atoms with Crippen molar-refractivity contribution in [2.45, 2.75) is 33.1 Å². The van der Waals surface area contributed by atoms with Crippen molar-refractivity contribution in [2.75, 3.05) is 6.54 Å². The standard InChI is InChI=1S/C22H23ClN2O/c1-3-4-7-14-24-22(26)20-15(2)21(16-10-12-17(23)13-11-16)25-19-9-6-5-8-18(19)20/h5-6,8-13H,3-4,7,14H2,1-2H3,(H,24,26). The molecule has 0 aliphatic rings. The molecule has 4 heteroatoms. The zero-order valence-electron chi connectivity index (χ0n) is 15.2. The van der Waals surface area contributed by atoms with Gasteiger partial charge in [0.25, 0.3) is 5.91 Å². The predicted molar refractivity (Wildman–Crippen MR) is 109 cm³/mol. The fourth-order valence-corrected chi connectivity index (χ4v) is 3.28. The Labute approximate surface area is 159 Å². The number of unbranched alkanes of at least 4 members (excludes halogenated alkanes) is 2. The molecular formula is C22H23ClN2O. The van der Waals surface area contributed by atoms with Gasteiger partial charge in [-0.2, -0.15) is 0 Å². The molecule has 0 fully saturated rings. The van der Waals surface area contributed by atoms with Crippen molar-refractivity contribution in [3.8, 4) is 11.3 Å². The maximum atomic E-state index is 12.9. The highest BCUT2D eigenvalue weighted by Gasteiger charge is 2.18. The van der Waals surface area contributed by atoms with E-state index in [2.05, 4.69) is 12.2 Å². The van der Waals surface area contributed by atoms with Crippen LogP contribution in [0.3, 0.4) is 0 Å². The van der Waals surface area contributed by atoms with E-state index in [-0.39, 0.29) is 5.91 Å². The van der Waals surface area contributed by atoms with Gasteiger partial charge in [-0.15, -0.1) is 0 Å². The molecule has 1 amide bonds. The van der Waals surface area contributed by atoms with E-state index in [1.807, 2.05) is 55.5 Å². The highest BCUT2D eigenvalue weighted by molar-refractivity contribution is 6.30. The van der Waals surface area contributed by atoms with E-state index in [0.717, 1.165) is 47.0 Å². The van der Waals surface area contributed by atoms with Crippen LogP contribution in [0.2, 0.25) is 5.02 Å². The molecule has 3 rings (SSSR count). The highest BCUT2D eigenvalue weighted by atomic mass is 35.5. The van der Waals surface area contributed by atoms with Crippen molar-refractivity contribution in [1.82, 2.24) is 10.3 Å². The minimum atomic E-state index is -0.0348. The number of rotatable bonds is 6. The Morgan fingerprint density at radius 3 is 2.54 bits per heavy atom. The number of halogens is 1. The number of carbonyl (C=O) groups excluding carboxylic acids is 1. The predicted octanol–water partition coefficient (Wildman–Crippen LogP) is 5.78. The summed E-state index contributed by atoms with van der Waals surface area (Å²) in [5.74, 6) is -0.0348. The molecule has 26 heavy (non-hydrogen) atoms. The smallest absolute Gasteiger partial charge is 0.252 e. The van der Waals surface area contributed by atoms with Crippen molar-refractivity contribution < 1.29 is 4.79 Å². The van der Waals surface area contributed by atoms with E-state index in [1.54, 1.807) is 0 Å². The Morgan fingerprint density at radius 1 is 1.08 bits per heavy atom. The molecule has 0 saturated heterocycles. The quantitative estimate of drug-likeness (QED) is 0.561. The third-order valence-corrected chi connectivity index (χ3v) is 4.80. The fourth-order valence-electron chi connectivity index (χ4n) is 3.15. The van der Waals surface area contributed by atoms with Gasteiger partial charge in [0, 0.05) is 22.5 Å². The van der Waals surface area contributed by atoms with Gasteiger partial charge in [-0.05, 0) is 37.1 Å². The summed E-state index contributed by atoms with van der Waals surface area (Å²) >= 11 is 6.01. The van der Waals surface area contributed by atoms with Gasteiger partial charge in [0.2, 0.25) is 0 Å². The lowest BCUT2D eigenvalue weighted by atomic mass is 9.97. The average molecular weight is 367 g/mol. The summed E-state index contributed by atoms with van der Waals surface area (Å²) < 4.78 is 0. The van der Waals surface area contributed by atoms with Gasteiger partial charge in [0.1, 0.15) is 0 Å². The maximum absolute atomic E-state index is 12.9. The number of fused-ring (bicyclic) bond motifs is 1. The Balaban J connectivity index is 2.06. The van der Waals surface area contributed by atoms with Crippen LogP contribution < -0.4 is 5.32 Å². The SMILES string of the molecule is CCCCCNC(=O)c1c(C)c(-c2ccc(Cl)cc2)nc2ccccc12. The minimum Gasteiger partial charge on any atom is -0.352 e. The van der Waals surface area contributed by atoms with Crippen molar-refractivity contribution in [2.24, 2.45) is 0 Å². The van der Waals surface area contributed by atoms with Crippen molar-refractivity contribution in [1.29, 1.82) is 0 Å². The first-order valence-electron chi connectivity index (χ1n) is 9.05. The molecule has 0 radical (unpaired) electrons. The zero-order chi connectivity index (χ0) is 18.5. The van der Waals surface area contributed by atoms with E-state index >= 15 is 0 Å². The first-order valence-corrected chi connectivity index (χ1v) is 9.43. The third-order valence-electron chi connectivity index (χ3n) is 4.55. The fraction of sp³-hybridized carbons (Fsp3) is 0.273. The van der Waals surface area contributed by atoms with Crippen LogP contribution in [-0.2, 0) is 0 Å². The largest absolute Gasteiger partial charge is 0.352 e. The number of aromatic nitrogens is 1. The number of para-hydroxylation sites is 1. The number of pyridine rings is 1. The van der Waals surface area contributed by atoms with Gasteiger partial charge in [-0.3, -0.25) is 4.79 Å². The Bertz CT molecular complexity index is 919. The number of hydrogen-bond acceptors (Lipinski definition) is 2. The van der Waals surface area contributed by atoms with Crippen molar-refractivity contribution in [3.05, 3.63) is 64.7 Å². The lowest BCUT2D eigenvalue weighted by Gasteiger charge is -2.15. The maximum Gasteiger partial charge on any atom is 0.252 e. The van der Waals surface area contributed by atoms with E-state index in [0.29, 0.717) is 17.1 Å². The van der Waals surface area contributed by atoms with Crippen LogP contribution in [0.4, 0.5) is 0 Å². The molecule has 1 N–H and O–H groups in total. The van der Waals surface area contributed by atoms with Crippen LogP contribution in [0.1, 0.15) is 42.1 Å². The molecule has 0 atom stereocenters. The summed E-state index contributed by atoms with van der Waals surface area (Å²) in [6.45, 7) is 4.81. The summed E-state index contributed by atoms with van der Waals surface area (Å²) in [5.41, 5.74) is 4.19. The molecule has 0 aliphatic carbocycles. The van der Waals surface area contributed by atoms with E-state index in [1.165, 1.54) is 0 Å². The molecule has 1 heterocycles. The normalized spacial score (nSPS) is 10.9. The van der Waals surface area contributed by atoms with Gasteiger partial charge in [-0.1, -0.05) is 61.7 Å². The molecule has 134 valence electrons. The van der Waals surface area contributed by atoms with Crippen LogP contribution in [0.25, 0.3) is 22.2 Å². The molecule has 3 aromatic rings. The Morgan fingerprint density at radius 2 is 1.81 bits per heavy atom. The van der Waals surface area contributed by atoms with Gasteiger partial charge in [-0.25, -0.2) is 4.98 Å². The van der Waals surface area contributed by atoms with E-state index in [9.17, 15) is 4.79 Å². The number of benzene rings is 2. The molecule has 2 aromatic carbocycles. The number of nitrogens with one attached hydrogen (secondary N) is 1. The third kappa shape index (κ3) is 3.88. The number of nitrogens with zero attached hydrogens (tertiary/aromatic N) is 1. The molecule has 0 saturated carbocycles. The molecular weight excluding hydrogens is 344 g/mol. The summed E-state index contributed by atoms with van der Waals surface area (Å²) in [6.07, 6.45) is 3.24. The summed E-state index contributed by atoms with van der Waals surface area (Å²) in [4.78, 5) is 17.7. The summed E-state index contributed by atoms with van der Waals surface area (Å²) in [6, 6.07) is 15.4. The lowest BCUT2D eigenvalue weighted by molar-refractivity contribution is 0.0954.